The first-order valence-corrected chi connectivity index (χ1v) is 10.5. The molecule has 1 saturated carbocycles. The number of anilines is 1. The number of piperidine rings is 1. The molecule has 1 unspecified atom stereocenters. The van der Waals surface area contributed by atoms with Crippen molar-refractivity contribution < 1.29 is 24.0 Å². The third-order valence-electron chi connectivity index (χ3n) is 5.49. The SMILES string of the molecule is CCOC(=O)C1CCCN(C(=O)CN(C)C(=O)c2ccc(NC3CC3)c([N+](=O)[O-])c2)C1. The highest BCUT2D eigenvalue weighted by Crippen LogP contribution is 2.31. The fraction of sp³-hybridized carbons (Fsp3) is 0.571. The maximum absolute atomic E-state index is 12.8. The fourth-order valence-corrected chi connectivity index (χ4v) is 3.64. The molecule has 10 heteroatoms. The summed E-state index contributed by atoms with van der Waals surface area (Å²) in [5.41, 5.74) is 0.373. The second-order valence-electron chi connectivity index (χ2n) is 8.00. The lowest BCUT2D eigenvalue weighted by molar-refractivity contribution is -0.384. The number of hydrogen-bond donors (Lipinski definition) is 1. The number of amides is 2. The van der Waals surface area contributed by atoms with Crippen molar-refractivity contribution in [2.24, 2.45) is 5.92 Å². The molecule has 1 aliphatic heterocycles. The van der Waals surface area contributed by atoms with E-state index in [1.54, 1.807) is 11.8 Å². The number of esters is 1. The molecule has 0 bridgehead atoms. The quantitative estimate of drug-likeness (QED) is 0.379. The van der Waals surface area contributed by atoms with Crippen molar-refractivity contribution in [2.75, 3.05) is 38.6 Å². The van der Waals surface area contributed by atoms with Crippen LogP contribution in [0.25, 0.3) is 0 Å². The zero-order valence-corrected chi connectivity index (χ0v) is 17.8. The third kappa shape index (κ3) is 5.71. The van der Waals surface area contributed by atoms with Crippen LogP contribution in [0.4, 0.5) is 11.4 Å². The van der Waals surface area contributed by atoms with E-state index in [2.05, 4.69) is 5.32 Å². The van der Waals surface area contributed by atoms with Crippen LogP contribution in [-0.2, 0) is 14.3 Å². The minimum atomic E-state index is -0.518. The molecular formula is C21H28N4O6. The second kappa shape index (κ2) is 9.76. The molecule has 31 heavy (non-hydrogen) atoms. The number of nitro benzene ring substituents is 1. The van der Waals surface area contributed by atoms with Crippen LogP contribution in [0.15, 0.2) is 18.2 Å². The average Bonchev–Trinajstić information content (AvgIpc) is 3.57. The van der Waals surface area contributed by atoms with E-state index in [1.807, 2.05) is 0 Å². The summed E-state index contributed by atoms with van der Waals surface area (Å²) in [7, 11) is 1.48. The standard InChI is InChI=1S/C21H28N4O6/c1-3-31-21(28)15-5-4-10-24(12-15)19(26)13-23(2)20(27)14-6-9-17(22-16-7-8-16)18(11-14)25(29)30/h6,9,11,15-16,22H,3-5,7-8,10,12-13H2,1-2H3. The number of rotatable bonds is 8. The number of ether oxygens (including phenoxy) is 1. The highest BCUT2D eigenvalue weighted by molar-refractivity contribution is 5.97. The van der Waals surface area contributed by atoms with Gasteiger partial charge >= 0.3 is 5.97 Å². The molecule has 0 spiro atoms. The molecule has 168 valence electrons. The maximum Gasteiger partial charge on any atom is 0.310 e. The van der Waals surface area contributed by atoms with Crippen LogP contribution in [0, 0.1) is 16.0 Å². The van der Waals surface area contributed by atoms with Gasteiger partial charge in [0.25, 0.3) is 11.6 Å². The minimum Gasteiger partial charge on any atom is -0.466 e. The van der Waals surface area contributed by atoms with Gasteiger partial charge in [0.1, 0.15) is 5.69 Å². The Hall–Kier alpha value is -3.17. The zero-order chi connectivity index (χ0) is 22.5. The average molecular weight is 432 g/mol. The van der Waals surface area contributed by atoms with Crippen LogP contribution in [0.5, 0.6) is 0 Å². The molecule has 1 aromatic carbocycles. The van der Waals surface area contributed by atoms with Gasteiger partial charge in [-0.15, -0.1) is 0 Å². The van der Waals surface area contributed by atoms with Gasteiger partial charge in [0.05, 0.1) is 24.0 Å². The first kappa shape index (κ1) is 22.5. The van der Waals surface area contributed by atoms with E-state index >= 15 is 0 Å². The van der Waals surface area contributed by atoms with E-state index in [0.29, 0.717) is 31.7 Å². The number of benzene rings is 1. The molecular weight excluding hydrogens is 404 g/mol. The molecule has 1 aliphatic carbocycles. The van der Waals surface area contributed by atoms with E-state index in [-0.39, 0.29) is 48.2 Å². The van der Waals surface area contributed by atoms with Crippen LogP contribution >= 0.6 is 0 Å². The Balaban J connectivity index is 1.63. The maximum atomic E-state index is 12.8. The van der Waals surface area contributed by atoms with Gasteiger partial charge in [-0.25, -0.2) is 0 Å². The zero-order valence-electron chi connectivity index (χ0n) is 17.8. The molecule has 0 radical (unpaired) electrons. The molecule has 1 heterocycles. The molecule has 1 aromatic rings. The Morgan fingerprint density at radius 2 is 2.03 bits per heavy atom. The highest BCUT2D eigenvalue weighted by atomic mass is 16.6. The Morgan fingerprint density at radius 3 is 2.68 bits per heavy atom. The van der Waals surface area contributed by atoms with E-state index in [9.17, 15) is 24.5 Å². The van der Waals surface area contributed by atoms with Crippen molar-refractivity contribution in [1.29, 1.82) is 0 Å². The first-order chi connectivity index (χ1) is 14.8. The smallest absolute Gasteiger partial charge is 0.310 e. The molecule has 0 aromatic heterocycles. The van der Waals surface area contributed by atoms with E-state index in [0.717, 1.165) is 12.8 Å². The number of nitrogens with zero attached hydrogens (tertiary/aromatic N) is 3. The number of nitrogens with one attached hydrogen (secondary N) is 1. The van der Waals surface area contributed by atoms with Crippen LogP contribution < -0.4 is 5.32 Å². The molecule has 10 nitrogen and oxygen atoms in total. The molecule has 2 fully saturated rings. The van der Waals surface area contributed by atoms with Gasteiger partial charge in [-0.05, 0) is 44.7 Å². The summed E-state index contributed by atoms with van der Waals surface area (Å²) in [5, 5.41) is 14.5. The van der Waals surface area contributed by atoms with Gasteiger partial charge < -0.3 is 19.9 Å². The van der Waals surface area contributed by atoms with Crippen LogP contribution in [0.2, 0.25) is 0 Å². The third-order valence-corrected chi connectivity index (χ3v) is 5.49. The van der Waals surface area contributed by atoms with Gasteiger partial charge in [-0.3, -0.25) is 24.5 Å². The number of nitro groups is 1. The van der Waals surface area contributed by atoms with Crippen LogP contribution in [0.3, 0.4) is 0 Å². The predicted octanol–water partition coefficient (Wildman–Crippen LogP) is 2.04. The lowest BCUT2D eigenvalue weighted by atomic mass is 9.98. The van der Waals surface area contributed by atoms with E-state index < -0.39 is 10.8 Å². The molecule has 3 rings (SSSR count). The number of carbonyl (C=O) groups excluding carboxylic acids is 3. The van der Waals surface area contributed by atoms with Crippen molar-refractivity contribution in [3.8, 4) is 0 Å². The minimum absolute atomic E-state index is 0.145. The Labute approximate surface area is 180 Å². The Bertz CT molecular complexity index is 869. The fourth-order valence-electron chi connectivity index (χ4n) is 3.64. The topological polar surface area (TPSA) is 122 Å². The second-order valence-corrected chi connectivity index (χ2v) is 8.00. The van der Waals surface area contributed by atoms with Crippen molar-refractivity contribution in [1.82, 2.24) is 9.80 Å². The summed E-state index contributed by atoms with van der Waals surface area (Å²) in [6, 6.07) is 4.54. The van der Waals surface area contributed by atoms with Gasteiger partial charge in [0.15, 0.2) is 0 Å². The van der Waals surface area contributed by atoms with Crippen molar-refractivity contribution >= 4 is 29.2 Å². The largest absolute Gasteiger partial charge is 0.466 e. The van der Waals surface area contributed by atoms with Crippen molar-refractivity contribution in [3.63, 3.8) is 0 Å². The summed E-state index contributed by atoms with van der Waals surface area (Å²) in [5.74, 6) is -1.41. The normalized spacial score (nSPS) is 18.3. The Morgan fingerprint density at radius 1 is 1.29 bits per heavy atom. The molecule has 2 aliphatic rings. The predicted molar refractivity (Wildman–Crippen MR) is 113 cm³/mol. The number of hydrogen-bond acceptors (Lipinski definition) is 7. The summed E-state index contributed by atoms with van der Waals surface area (Å²) in [6.07, 6.45) is 3.29. The van der Waals surface area contributed by atoms with Crippen LogP contribution in [0.1, 0.15) is 43.0 Å². The molecule has 1 N–H and O–H groups in total. The number of likely N-dealkylation sites (tertiary alicyclic amines) is 1. The highest BCUT2D eigenvalue weighted by Gasteiger charge is 2.31. The van der Waals surface area contributed by atoms with Crippen molar-refractivity contribution in [3.05, 3.63) is 33.9 Å². The van der Waals surface area contributed by atoms with Gasteiger partial charge in [0, 0.05) is 37.8 Å². The summed E-state index contributed by atoms with van der Waals surface area (Å²) < 4.78 is 5.05. The van der Waals surface area contributed by atoms with Gasteiger partial charge in [-0.1, -0.05) is 0 Å². The molecule has 1 saturated heterocycles. The van der Waals surface area contributed by atoms with E-state index in [1.165, 1.54) is 30.1 Å². The summed E-state index contributed by atoms with van der Waals surface area (Å²) in [4.78, 5) is 51.2. The lowest BCUT2D eigenvalue weighted by Crippen LogP contribution is -2.47. The lowest BCUT2D eigenvalue weighted by Gasteiger charge is -2.32. The Kier molecular flexibility index (Phi) is 7.09. The monoisotopic (exact) mass is 432 g/mol. The first-order valence-electron chi connectivity index (χ1n) is 10.5. The summed E-state index contributed by atoms with van der Waals surface area (Å²) in [6.45, 7) is 2.64. The van der Waals surface area contributed by atoms with E-state index in [4.69, 9.17) is 4.74 Å². The summed E-state index contributed by atoms with van der Waals surface area (Å²) >= 11 is 0. The molecule has 2 amide bonds. The van der Waals surface area contributed by atoms with Crippen LogP contribution in [-0.4, -0.2) is 71.8 Å². The van der Waals surface area contributed by atoms with Crippen molar-refractivity contribution in [2.45, 2.75) is 38.6 Å². The van der Waals surface area contributed by atoms with Gasteiger partial charge in [-0.2, -0.15) is 0 Å². The number of likely N-dealkylation sites (N-methyl/N-ethyl adjacent to an activating group) is 1. The molecule has 1 atom stereocenters. The number of carbonyl (C=O) groups is 3. The van der Waals surface area contributed by atoms with Gasteiger partial charge in [0.2, 0.25) is 5.91 Å².